The van der Waals surface area contributed by atoms with Crippen molar-refractivity contribution in [2.75, 3.05) is 10.6 Å². The first-order valence-corrected chi connectivity index (χ1v) is 8.79. The van der Waals surface area contributed by atoms with Crippen LogP contribution >= 0.6 is 11.6 Å². The lowest BCUT2D eigenvalue weighted by atomic mass is 10.1. The van der Waals surface area contributed by atoms with Crippen LogP contribution in [0.1, 0.15) is 12.6 Å². The molecule has 0 fully saturated rings. The van der Waals surface area contributed by atoms with Crippen LogP contribution in [0.5, 0.6) is 0 Å². The number of carbonyl (C=O) groups is 2. The number of hydrogen-bond acceptors (Lipinski definition) is 3. The highest BCUT2D eigenvalue weighted by Crippen LogP contribution is 2.26. The fourth-order valence-electron chi connectivity index (χ4n) is 2.95. The van der Waals surface area contributed by atoms with Gasteiger partial charge in [0.2, 0.25) is 11.8 Å². The Morgan fingerprint density at radius 3 is 2.61 bits per heavy atom. The molecule has 0 saturated carbocycles. The molecule has 0 aliphatic carbocycles. The summed E-state index contributed by atoms with van der Waals surface area (Å²) in [7, 11) is 0. The van der Waals surface area contributed by atoms with Crippen LogP contribution in [-0.4, -0.2) is 16.4 Å². The predicted molar refractivity (Wildman–Crippen MR) is 107 cm³/mol. The van der Waals surface area contributed by atoms with Crippen molar-refractivity contribution in [1.29, 1.82) is 0 Å². The molecule has 0 bridgehead atoms. The summed E-state index contributed by atoms with van der Waals surface area (Å²) in [5.74, 6) is -1.31. The number of nitrogens with zero attached hydrogens (tertiary/aromatic N) is 1. The molecule has 6 nitrogen and oxygen atoms in total. The largest absolute Gasteiger partial charge is 0.333 e. The topological polar surface area (TPSA) is 80.2 Å². The SMILES string of the molecule is CC(=O)Nc1ccc(Cl)c(NC(=O)Cn2c(C)cc(=O)c3cccc(F)c32)c1. The van der Waals surface area contributed by atoms with E-state index in [4.69, 9.17) is 11.6 Å². The molecule has 0 saturated heterocycles. The van der Waals surface area contributed by atoms with E-state index in [1.54, 1.807) is 19.1 Å². The van der Waals surface area contributed by atoms with Crippen LogP contribution in [0.4, 0.5) is 15.8 Å². The van der Waals surface area contributed by atoms with Crippen molar-refractivity contribution in [3.05, 3.63) is 69.2 Å². The fraction of sp³-hybridized carbons (Fsp3) is 0.150. The highest BCUT2D eigenvalue weighted by Gasteiger charge is 2.14. The monoisotopic (exact) mass is 401 g/mol. The van der Waals surface area contributed by atoms with Gasteiger partial charge in [0.05, 0.1) is 16.2 Å². The van der Waals surface area contributed by atoms with Crippen LogP contribution in [0.15, 0.2) is 47.3 Å². The van der Waals surface area contributed by atoms with Crippen LogP contribution in [0.25, 0.3) is 10.9 Å². The van der Waals surface area contributed by atoms with Crippen LogP contribution in [0.3, 0.4) is 0 Å². The molecule has 0 aliphatic heterocycles. The van der Waals surface area contributed by atoms with E-state index in [-0.39, 0.29) is 33.8 Å². The number of carbonyl (C=O) groups excluding carboxylic acids is 2. The number of rotatable bonds is 4. The van der Waals surface area contributed by atoms with Gasteiger partial charge in [-0.05, 0) is 37.3 Å². The van der Waals surface area contributed by atoms with Gasteiger partial charge in [-0.3, -0.25) is 14.4 Å². The number of aromatic nitrogens is 1. The minimum atomic E-state index is -0.586. The van der Waals surface area contributed by atoms with Gasteiger partial charge in [0.15, 0.2) is 5.43 Å². The Bertz CT molecular complexity index is 1160. The number of benzene rings is 2. The lowest BCUT2D eigenvalue weighted by Crippen LogP contribution is -2.23. The zero-order valence-corrected chi connectivity index (χ0v) is 15.9. The van der Waals surface area contributed by atoms with E-state index >= 15 is 0 Å². The molecule has 1 aromatic heterocycles. The molecule has 0 spiro atoms. The van der Waals surface area contributed by atoms with Crippen molar-refractivity contribution in [2.24, 2.45) is 0 Å². The van der Waals surface area contributed by atoms with Gasteiger partial charge >= 0.3 is 0 Å². The molecule has 28 heavy (non-hydrogen) atoms. The Morgan fingerprint density at radius 1 is 1.14 bits per heavy atom. The van der Waals surface area contributed by atoms with E-state index < -0.39 is 11.7 Å². The van der Waals surface area contributed by atoms with Crippen molar-refractivity contribution in [1.82, 2.24) is 4.57 Å². The summed E-state index contributed by atoms with van der Waals surface area (Å²) in [6.45, 7) is 2.78. The number of amides is 2. The van der Waals surface area contributed by atoms with E-state index in [0.29, 0.717) is 17.1 Å². The Labute approximate surface area is 164 Å². The Hall–Kier alpha value is -3.19. The second kappa shape index (κ2) is 7.82. The lowest BCUT2D eigenvalue weighted by Gasteiger charge is -2.16. The molecule has 2 N–H and O–H groups in total. The first-order chi connectivity index (χ1) is 13.3. The maximum Gasteiger partial charge on any atom is 0.244 e. The maximum absolute atomic E-state index is 14.4. The molecule has 1 heterocycles. The van der Waals surface area contributed by atoms with Gasteiger partial charge in [-0.2, -0.15) is 0 Å². The molecular formula is C20H17ClFN3O3. The van der Waals surface area contributed by atoms with Gasteiger partial charge in [0.1, 0.15) is 12.4 Å². The third-order valence-electron chi connectivity index (χ3n) is 4.15. The number of halogens is 2. The van der Waals surface area contributed by atoms with Crippen molar-refractivity contribution >= 4 is 45.7 Å². The van der Waals surface area contributed by atoms with Gasteiger partial charge in [-0.25, -0.2) is 4.39 Å². The zero-order valence-electron chi connectivity index (χ0n) is 15.2. The van der Waals surface area contributed by atoms with Gasteiger partial charge in [-0.15, -0.1) is 0 Å². The van der Waals surface area contributed by atoms with E-state index in [9.17, 15) is 18.8 Å². The number of aryl methyl sites for hydroxylation is 1. The van der Waals surface area contributed by atoms with Crippen LogP contribution < -0.4 is 16.1 Å². The highest BCUT2D eigenvalue weighted by molar-refractivity contribution is 6.33. The smallest absolute Gasteiger partial charge is 0.244 e. The normalized spacial score (nSPS) is 10.7. The van der Waals surface area contributed by atoms with E-state index in [2.05, 4.69) is 10.6 Å². The summed E-state index contributed by atoms with van der Waals surface area (Å²) in [6.07, 6.45) is 0. The van der Waals surface area contributed by atoms with Crippen molar-refractivity contribution in [3.63, 3.8) is 0 Å². The van der Waals surface area contributed by atoms with Crippen LogP contribution in [0, 0.1) is 12.7 Å². The molecule has 144 valence electrons. The minimum Gasteiger partial charge on any atom is -0.333 e. The van der Waals surface area contributed by atoms with Gasteiger partial charge in [0.25, 0.3) is 0 Å². The van der Waals surface area contributed by atoms with E-state index in [0.717, 1.165) is 0 Å². The van der Waals surface area contributed by atoms with E-state index in [1.165, 1.54) is 41.8 Å². The van der Waals surface area contributed by atoms with Crippen molar-refractivity contribution < 1.29 is 14.0 Å². The average molecular weight is 402 g/mol. The first kappa shape index (κ1) is 19.6. The number of hydrogen-bond donors (Lipinski definition) is 2. The number of nitrogens with one attached hydrogen (secondary N) is 2. The minimum absolute atomic E-state index is 0.0701. The summed E-state index contributed by atoms with van der Waals surface area (Å²) in [4.78, 5) is 35.9. The Morgan fingerprint density at radius 2 is 1.89 bits per heavy atom. The van der Waals surface area contributed by atoms with E-state index in [1.807, 2.05) is 0 Å². The molecule has 8 heteroatoms. The first-order valence-electron chi connectivity index (χ1n) is 8.42. The van der Waals surface area contributed by atoms with Crippen LogP contribution in [0.2, 0.25) is 5.02 Å². The second-order valence-electron chi connectivity index (χ2n) is 6.30. The van der Waals surface area contributed by atoms with Gasteiger partial charge in [0, 0.05) is 29.8 Å². The molecule has 0 radical (unpaired) electrons. The van der Waals surface area contributed by atoms with Crippen molar-refractivity contribution in [3.8, 4) is 0 Å². The Kier molecular flexibility index (Phi) is 5.46. The number of pyridine rings is 1. The van der Waals surface area contributed by atoms with Crippen LogP contribution in [-0.2, 0) is 16.1 Å². The molecule has 3 rings (SSSR count). The zero-order chi connectivity index (χ0) is 20.4. The van der Waals surface area contributed by atoms with Crippen molar-refractivity contribution in [2.45, 2.75) is 20.4 Å². The molecule has 0 atom stereocenters. The standard InChI is InChI=1S/C20H17ClFN3O3/c1-11-8-18(27)14-4-3-5-16(22)20(14)25(11)10-19(28)24-17-9-13(23-12(2)26)6-7-15(17)21/h3-9H,10H2,1-2H3,(H,23,26)(H,24,28). The number of anilines is 2. The molecule has 3 aromatic rings. The molecule has 0 unspecified atom stereocenters. The number of fused-ring (bicyclic) bond motifs is 1. The average Bonchev–Trinajstić information content (AvgIpc) is 2.61. The Balaban J connectivity index is 1.93. The lowest BCUT2D eigenvalue weighted by molar-refractivity contribution is -0.116. The third-order valence-corrected chi connectivity index (χ3v) is 4.48. The van der Waals surface area contributed by atoms with Gasteiger partial charge < -0.3 is 15.2 Å². The maximum atomic E-state index is 14.4. The predicted octanol–water partition coefficient (Wildman–Crippen LogP) is 3.70. The second-order valence-corrected chi connectivity index (χ2v) is 6.70. The quantitative estimate of drug-likeness (QED) is 0.699. The molecule has 0 aliphatic rings. The summed E-state index contributed by atoms with van der Waals surface area (Å²) in [6, 6.07) is 10.2. The number of para-hydroxylation sites is 1. The molecule has 2 amide bonds. The summed E-state index contributed by atoms with van der Waals surface area (Å²) < 4.78 is 15.8. The highest BCUT2D eigenvalue weighted by atomic mass is 35.5. The van der Waals surface area contributed by atoms with Gasteiger partial charge in [-0.1, -0.05) is 17.7 Å². The fourth-order valence-corrected chi connectivity index (χ4v) is 3.11. The summed E-state index contributed by atoms with van der Waals surface area (Å²) in [5, 5.41) is 5.74. The third kappa shape index (κ3) is 4.04. The summed E-state index contributed by atoms with van der Waals surface area (Å²) >= 11 is 6.12. The molecule has 2 aromatic carbocycles. The molecular weight excluding hydrogens is 385 g/mol. The summed E-state index contributed by atoms with van der Waals surface area (Å²) in [5.41, 5.74) is 0.996.